The van der Waals surface area contributed by atoms with E-state index in [0.29, 0.717) is 17.4 Å². The number of hydrogen-bond donors (Lipinski definition) is 4. The predicted molar refractivity (Wildman–Crippen MR) is 110 cm³/mol. The number of hydrogen-bond acceptors (Lipinski definition) is 8. The topological polar surface area (TPSA) is 164 Å². The minimum absolute atomic E-state index is 0.0569. The van der Waals surface area contributed by atoms with E-state index in [1.807, 2.05) is 19.9 Å². The van der Waals surface area contributed by atoms with Crippen molar-refractivity contribution in [1.82, 2.24) is 45.4 Å². The normalized spacial score (nSPS) is 12.5. The van der Waals surface area contributed by atoms with Crippen molar-refractivity contribution in [1.29, 1.82) is 0 Å². The number of aromatic amines is 1. The highest BCUT2D eigenvalue weighted by Crippen LogP contribution is 2.12. The highest BCUT2D eigenvalue weighted by atomic mass is 16.6. The molecular formula is C18H26N10O3. The summed E-state index contributed by atoms with van der Waals surface area (Å²) in [5.41, 5.74) is 1.12. The first-order valence-electron chi connectivity index (χ1n) is 9.67. The number of anilines is 1. The molecule has 166 valence electrons. The molecule has 0 aromatic carbocycles. The maximum atomic E-state index is 12.2. The van der Waals surface area contributed by atoms with Gasteiger partial charge >= 0.3 is 12.1 Å². The van der Waals surface area contributed by atoms with Crippen LogP contribution in [-0.2, 0) is 11.3 Å². The van der Waals surface area contributed by atoms with Crippen LogP contribution in [0.25, 0.3) is 5.78 Å². The standard InChI is InChI=1S/C18H26N10O3/c1-9-7-10(2)28-15(20-9)22-12(27-28)8-19-16(29)24-14-23-13(25-26-14)11(3)21-17(30)31-18(4,5)6/h7,11H,8H2,1-6H3,(H,21,30)(H3,19,23,24,25,26,29). The van der Waals surface area contributed by atoms with Crippen LogP contribution in [0.4, 0.5) is 15.5 Å². The summed E-state index contributed by atoms with van der Waals surface area (Å²) in [7, 11) is 0. The molecule has 0 aliphatic carbocycles. The second kappa shape index (κ2) is 8.53. The van der Waals surface area contributed by atoms with Gasteiger partial charge in [-0.2, -0.15) is 9.97 Å². The Hall–Kier alpha value is -3.77. The van der Waals surface area contributed by atoms with E-state index in [1.165, 1.54) is 0 Å². The smallest absolute Gasteiger partial charge is 0.408 e. The number of ether oxygens (including phenoxy) is 1. The Morgan fingerprint density at radius 3 is 2.68 bits per heavy atom. The molecule has 31 heavy (non-hydrogen) atoms. The fourth-order valence-corrected chi connectivity index (χ4v) is 2.66. The Bertz CT molecular complexity index is 1100. The van der Waals surface area contributed by atoms with Crippen LogP contribution >= 0.6 is 0 Å². The zero-order chi connectivity index (χ0) is 22.8. The highest BCUT2D eigenvalue weighted by Gasteiger charge is 2.20. The minimum Gasteiger partial charge on any atom is -0.444 e. The van der Waals surface area contributed by atoms with Crippen molar-refractivity contribution in [3.05, 3.63) is 29.1 Å². The number of H-pyrrole nitrogens is 1. The summed E-state index contributed by atoms with van der Waals surface area (Å²) in [6.07, 6.45) is -0.580. The van der Waals surface area contributed by atoms with Gasteiger partial charge in [-0.25, -0.2) is 19.1 Å². The molecule has 0 aliphatic rings. The second-order valence-electron chi connectivity index (χ2n) is 8.00. The molecule has 0 aliphatic heterocycles. The minimum atomic E-state index is -0.612. The lowest BCUT2D eigenvalue weighted by atomic mass is 10.2. The summed E-state index contributed by atoms with van der Waals surface area (Å²) in [4.78, 5) is 36.8. The second-order valence-corrected chi connectivity index (χ2v) is 8.00. The van der Waals surface area contributed by atoms with Gasteiger partial charge in [-0.15, -0.1) is 10.2 Å². The van der Waals surface area contributed by atoms with Crippen LogP contribution in [-0.4, -0.2) is 52.5 Å². The van der Waals surface area contributed by atoms with E-state index in [4.69, 9.17) is 4.74 Å². The quantitative estimate of drug-likeness (QED) is 0.475. The van der Waals surface area contributed by atoms with Crippen LogP contribution in [0.15, 0.2) is 6.07 Å². The SMILES string of the molecule is Cc1cc(C)n2nc(CNC(=O)Nc3n[nH]c(C(C)NC(=O)OC(C)(C)C)n3)nc2n1. The largest absolute Gasteiger partial charge is 0.444 e. The first-order valence-corrected chi connectivity index (χ1v) is 9.67. The maximum absolute atomic E-state index is 12.2. The van der Waals surface area contributed by atoms with Crippen LogP contribution in [0.3, 0.4) is 0 Å². The van der Waals surface area contributed by atoms with Crippen LogP contribution in [0.1, 0.15) is 56.8 Å². The molecule has 1 unspecified atom stereocenters. The molecule has 0 spiro atoms. The van der Waals surface area contributed by atoms with Crippen molar-refractivity contribution in [2.24, 2.45) is 0 Å². The Kier molecular flexibility index (Phi) is 6.04. The summed E-state index contributed by atoms with van der Waals surface area (Å²) < 4.78 is 6.81. The van der Waals surface area contributed by atoms with Gasteiger partial charge in [0.25, 0.3) is 5.78 Å². The molecule has 0 bridgehead atoms. The number of aryl methyl sites for hydroxylation is 2. The monoisotopic (exact) mass is 430 g/mol. The average Bonchev–Trinajstić information content (AvgIpc) is 3.25. The van der Waals surface area contributed by atoms with E-state index in [1.54, 1.807) is 32.2 Å². The third-order valence-corrected chi connectivity index (χ3v) is 3.94. The van der Waals surface area contributed by atoms with Gasteiger partial charge in [-0.1, -0.05) is 0 Å². The number of aromatic nitrogens is 7. The summed E-state index contributed by atoms with van der Waals surface area (Å²) in [5.74, 6) is 1.31. The molecule has 0 saturated heterocycles. The van der Waals surface area contributed by atoms with E-state index >= 15 is 0 Å². The molecule has 3 amide bonds. The van der Waals surface area contributed by atoms with Crippen molar-refractivity contribution in [2.75, 3.05) is 5.32 Å². The highest BCUT2D eigenvalue weighted by molar-refractivity contribution is 5.87. The van der Waals surface area contributed by atoms with Gasteiger partial charge in [0.05, 0.1) is 12.6 Å². The summed E-state index contributed by atoms with van der Waals surface area (Å²) in [6, 6.07) is 0.866. The number of amides is 3. The molecule has 3 aromatic heterocycles. The van der Waals surface area contributed by atoms with E-state index < -0.39 is 23.8 Å². The number of carbonyl (C=O) groups is 2. The summed E-state index contributed by atoms with van der Waals surface area (Å²) in [6.45, 7) is 10.9. The first kappa shape index (κ1) is 21.9. The number of rotatable bonds is 5. The summed E-state index contributed by atoms with van der Waals surface area (Å²) in [5, 5.41) is 18.7. The number of urea groups is 1. The molecular weight excluding hydrogens is 404 g/mol. The molecule has 3 heterocycles. The van der Waals surface area contributed by atoms with Crippen molar-refractivity contribution in [2.45, 2.75) is 59.7 Å². The molecule has 0 fully saturated rings. The molecule has 3 rings (SSSR count). The third kappa shape index (κ3) is 5.87. The van der Waals surface area contributed by atoms with E-state index in [0.717, 1.165) is 11.4 Å². The number of fused-ring (bicyclic) bond motifs is 1. The first-order chi connectivity index (χ1) is 14.5. The third-order valence-electron chi connectivity index (χ3n) is 3.94. The molecule has 0 saturated carbocycles. The summed E-state index contributed by atoms with van der Waals surface area (Å²) >= 11 is 0. The Labute approximate surface area is 178 Å². The molecule has 1 atom stereocenters. The number of alkyl carbamates (subject to hydrolysis) is 1. The molecule has 3 aromatic rings. The zero-order valence-electron chi connectivity index (χ0n) is 18.3. The van der Waals surface area contributed by atoms with Crippen LogP contribution in [0.2, 0.25) is 0 Å². The van der Waals surface area contributed by atoms with Crippen molar-refractivity contribution < 1.29 is 14.3 Å². The average molecular weight is 430 g/mol. The van der Waals surface area contributed by atoms with Gasteiger partial charge < -0.3 is 15.4 Å². The van der Waals surface area contributed by atoms with Crippen molar-refractivity contribution >= 4 is 23.9 Å². The van der Waals surface area contributed by atoms with Gasteiger partial charge in [0.2, 0.25) is 5.95 Å². The van der Waals surface area contributed by atoms with Crippen LogP contribution in [0.5, 0.6) is 0 Å². The predicted octanol–water partition coefficient (Wildman–Crippen LogP) is 1.77. The van der Waals surface area contributed by atoms with Gasteiger partial charge in [0, 0.05) is 11.4 Å². The van der Waals surface area contributed by atoms with E-state index in [2.05, 4.69) is 46.2 Å². The van der Waals surface area contributed by atoms with E-state index in [9.17, 15) is 9.59 Å². The van der Waals surface area contributed by atoms with Gasteiger partial charge in [-0.05, 0) is 47.6 Å². The molecule has 13 nitrogen and oxygen atoms in total. The Balaban J connectivity index is 1.53. The Morgan fingerprint density at radius 1 is 1.23 bits per heavy atom. The lowest BCUT2D eigenvalue weighted by Gasteiger charge is -2.21. The molecule has 13 heteroatoms. The molecule has 4 N–H and O–H groups in total. The lowest BCUT2D eigenvalue weighted by Crippen LogP contribution is -2.34. The zero-order valence-corrected chi connectivity index (χ0v) is 18.3. The molecule has 0 radical (unpaired) electrons. The fraction of sp³-hybridized carbons (Fsp3) is 0.500. The number of nitrogens with zero attached hydrogens (tertiary/aromatic N) is 6. The van der Waals surface area contributed by atoms with Gasteiger partial charge in [-0.3, -0.25) is 10.4 Å². The Morgan fingerprint density at radius 2 is 1.97 bits per heavy atom. The maximum Gasteiger partial charge on any atom is 0.408 e. The van der Waals surface area contributed by atoms with Gasteiger partial charge in [0.1, 0.15) is 11.4 Å². The number of carbonyl (C=O) groups excluding carboxylic acids is 2. The lowest BCUT2D eigenvalue weighted by molar-refractivity contribution is 0.0506. The van der Waals surface area contributed by atoms with E-state index in [-0.39, 0.29) is 12.5 Å². The number of nitrogens with one attached hydrogen (secondary N) is 4. The van der Waals surface area contributed by atoms with Crippen molar-refractivity contribution in [3.8, 4) is 0 Å². The van der Waals surface area contributed by atoms with Crippen LogP contribution in [0, 0.1) is 13.8 Å². The van der Waals surface area contributed by atoms with Crippen LogP contribution < -0.4 is 16.0 Å². The van der Waals surface area contributed by atoms with Crippen molar-refractivity contribution in [3.63, 3.8) is 0 Å². The van der Waals surface area contributed by atoms with Gasteiger partial charge in [0.15, 0.2) is 5.82 Å². The fourth-order valence-electron chi connectivity index (χ4n) is 2.66.